The van der Waals surface area contributed by atoms with Gasteiger partial charge in [0.1, 0.15) is 5.60 Å². The first-order chi connectivity index (χ1) is 13.7. The molecule has 29 heavy (non-hydrogen) atoms. The number of hydrogen-bond acceptors (Lipinski definition) is 4. The first-order valence-corrected chi connectivity index (χ1v) is 9.93. The maximum absolute atomic E-state index is 12.8. The lowest BCUT2D eigenvalue weighted by Crippen LogP contribution is -2.49. The number of rotatable bonds is 3. The molecule has 6 nitrogen and oxygen atoms in total. The van der Waals surface area contributed by atoms with E-state index in [1.807, 2.05) is 37.8 Å². The summed E-state index contributed by atoms with van der Waals surface area (Å²) in [5, 5.41) is 2.68. The molecule has 1 aliphatic rings. The molecule has 0 saturated carbocycles. The second kappa shape index (κ2) is 8.55. The second-order valence-corrected chi connectivity index (χ2v) is 8.27. The minimum atomic E-state index is -0.555. The van der Waals surface area contributed by atoms with Gasteiger partial charge >= 0.3 is 6.09 Å². The van der Waals surface area contributed by atoms with Gasteiger partial charge in [-0.3, -0.25) is 10.1 Å². The van der Waals surface area contributed by atoms with Crippen LogP contribution in [0.4, 0.5) is 16.2 Å². The molecule has 0 spiro atoms. The highest BCUT2D eigenvalue weighted by Crippen LogP contribution is 2.21. The summed E-state index contributed by atoms with van der Waals surface area (Å²) in [6.07, 6.45) is -0.510. The molecule has 1 heterocycles. The fraction of sp³-hybridized carbons (Fsp3) is 0.391. The van der Waals surface area contributed by atoms with Gasteiger partial charge < -0.3 is 14.5 Å². The average molecular weight is 396 g/mol. The standard InChI is InChI=1S/C23H29N3O3/c1-17-7-5-6-8-20(17)25-13-15-26(16-14-25)21(27)18-9-11-19(12-10-18)24-22(28)29-23(2,3)4/h5-12H,13-16H2,1-4H3,(H,24,28). The van der Waals surface area contributed by atoms with E-state index in [0.717, 1.165) is 13.1 Å². The predicted octanol–water partition coefficient (Wildman–Crippen LogP) is 4.30. The molecule has 3 rings (SSSR count). The average Bonchev–Trinajstić information content (AvgIpc) is 2.67. The van der Waals surface area contributed by atoms with Crippen LogP contribution in [0.1, 0.15) is 36.7 Å². The van der Waals surface area contributed by atoms with Crippen LogP contribution >= 0.6 is 0 Å². The third kappa shape index (κ3) is 5.50. The van der Waals surface area contributed by atoms with Crippen molar-refractivity contribution < 1.29 is 14.3 Å². The molecule has 1 fully saturated rings. The van der Waals surface area contributed by atoms with Crippen LogP contribution in [-0.2, 0) is 4.74 Å². The minimum Gasteiger partial charge on any atom is -0.444 e. The van der Waals surface area contributed by atoms with Crippen molar-refractivity contribution in [2.75, 3.05) is 36.4 Å². The molecule has 0 aliphatic carbocycles. The molecule has 6 heteroatoms. The van der Waals surface area contributed by atoms with Crippen LogP contribution in [0, 0.1) is 6.92 Å². The number of ether oxygens (including phenoxy) is 1. The van der Waals surface area contributed by atoms with Gasteiger partial charge in [-0.1, -0.05) is 18.2 Å². The Morgan fingerprint density at radius 3 is 2.14 bits per heavy atom. The van der Waals surface area contributed by atoms with Gasteiger partial charge in [0.15, 0.2) is 0 Å². The molecule has 1 N–H and O–H groups in total. The first-order valence-electron chi connectivity index (χ1n) is 9.93. The molecule has 1 saturated heterocycles. The molecule has 1 aliphatic heterocycles. The van der Waals surface area contributed by atoms with E-state index in [-0.39, 0.29) is 5.91 Å². The zero-order valence-electron chi connectivity index (χ0n) is 17.6. The van der Waals surface area contributed by atoms with Crippen molar-refractivity contribution in [1.29, 1.82) is 0 Å². The monoisotopic (exact) mass is 395 g/mol. The van der Waals surface area contributed by atoms with Crippen LogP contribution in [0.2, 0.25) is 0 Å². The summed E-state index contributed by atoms with van der Waals surface area (Å²) in [5.74, 6) is 0.0123. The lowest BCUT2D eigenvalue weighted by molar-refractivity contribution is 0.0635. The van der Waals surface area contributed by atoms with Crippen molar-refractivity contribution in [2.24, 2.45) is 0 Å². The van der Waals surface area contributed by atoms with Crippen LogP contribution < -0.4 is 10.2 Å². The van der Waals surface area contributed by atoms with Crippen LogP contribution in [0.25, 0.3) is 0 Å². The number of aryl methyl sites for hydroxylation is 1. The number of carbonyl (C=O) groups is 2. The van der Waals surface area contributed by atoms with Gasteiger partial charge in [-0.25, -0.2) is 4.79 Å². The van der Waals surface area contributed by atoms with Crippen molar-refractivity contribution in [1.82, 2.24) is 4.90 Å². The molecule has 0 bridgehead atoms. The summed E-state index contributed by atoms with van der Waals surface area (Å²) in [7, 11) is 0. The molecular weight excluding hydrogens is 366 g/mol. The summed E-state index contributed by atoms with van der Waals surface area (Å²) in [6, 6.07) is 15.3. The highest BCUT2D eigenvalue weighted by atomic mass is 16.6. The predicted molar refractivity (Wildman–Crippen MR) is 116 cm³/mol. The smallest absolute Gasteiger partial charge is 0.412 e. The Kier molecular flexibility index (Phi) is 6.11. The lowest BCUT2D eigenvalue weighted by atomic mass is 10.1. The Labute approximate surface area is 172 Å². The summed E-state index contributed by atoms with van der Waals surface area (Å²) >= 11 is 0. The number of nitrogens with zero attached hydrogens (tertiary/aromatic N) is 2. The number of para-hydroxylation sites is 1. The van der Waals surface area contributed by atoms with Crippen LogP contribution in [-0.4, -0.2) is 48.7 Å². The van der Waals surface area contributed by atoms with Gasteiger partial charge in [-0.15, -0.1) is 0 Å². The topological polar surface area (TPSA) is 61.9 Å². The van der Waals surface area contributed by atoms with Crippen LogP contribution in [0.5, 0.6) is 0 Å². The highest BCUT2D eigenvalue weighted by molar-refractivity contribution is 5.95. The lowest BCUT2D eigenvalue weighted by Gasteiger charge is -2.36. The number of amides is 2. The van der Waals surface area contributed by atoms with E-state index in [4.69, 9.17) is 4.74 Å². The maximum atomic E-state index is 12.8. The third-order valence-electron chi connectivity index (χ3n) is 4.80. The van der Waals surface area contributed by atoms with Crippen molar-refractivity contribution in [3.05, 3.63) is 59.7 Å². The van der Waals surface area contributed by atoms with E-state index in [2.05, 4.69) is 29.3 Å². The van der Waals surface area contributed by atoms with Crippen LogP contribution in [0.3, 0.4) is 0 Å². The quantitative estimate of drug-likeness (QED) is 0.841. The van der Waals surface area contributed by atoms with E-state index in [1.165, 1.54) is 11.3 Å². The van der Waals surface area contributed by atoms with Gasteiger partial charge in [0.2, 0.25) is 0 Å². The van der Waals surface area contributed by atoms with E-state index in [0.29, 0.717) is 24.3 Å². The molecule has 0 radical (unpaired) electrons. The van der Waals surface area contributed by atoms with Gasteiger partial charge in [-0.05, 0) is 63.6 Å². The van der Waals surface area contributed by atoms with E-state index >= 15 is 0 Å². The Bertz CT molecular complexity index is 864. The number of piperazine rings is 1. The fourth-order valence-corrected chi connectivity index (χ4v) is 3.37. The first kappa shape index (κ1) is 20.7. The fourth-order valence-electron chi connectivity index (χ4n) is 3.37. The number of anilines is 2. The Morgan fingerprint density at radius 2 is 1.55 bits per heavy atom. The van der Waals surface area contributed by atoms with Crippen molar-refractivity contribution in [3.8, 4) is 0 Å². The Morgan fingerprint density at radius 1 is 0.931 bits per heavy atom. The summed E-state index contributed by atoms with van der Waals surface area (Å²) in [5.41, 5.74) is 3.14. The second-order valence-electron chi connectivity index (χ2n) is 8.27. The third-order valence-corrected chi connectivity index (χ3v) is 4.80. The molecule has 0 unspecified atom stereocenters. The van der Waals surface area contributed by atoms with Crippen molar-refractivity contribution in [2.45, 2.75) is 33.3 Å². The Balaban J connectivity index is 1.56. The van der Waals surface area contributed by atoms with Gasteiger partial charge in [-0.2, -0.15) is 0 Å². The molecule has 2 amide bonds. The number of hydrogen-bond donors (Lipinski definition) is 1. The van der Waals surface area contributed by atoms with Crippen molar-refractivity contribution >= 4 is 23.4 Å². The zero-order chi connectivity index (χ0) is 21.0. The van der Waals surface area contributed by atoms with Gasteiger partial charge in [0, 0.05) is 43.1 Å². The van der Waals surface area contributed by atoms with Crippen LogP contribution in [0.15, 0.2) is 48.5 Å². The minimum absolute atomic E-state index is 0.0123. The normalized spacial score (nSPS) is 14.5. The number of benzene rings is 2. The largest absolute Gasteiger partial charge is 0.444 e. The summed E-state index contributed by atoms with van der Waals surface area (Å²) in [6.45, 7) is 10.5. The summed E-state index contributed by atoms with van der Waals surface area (Å²) in [4.78, 5) is 28.9. The highest BCUT2D eigenvalue weighted by Gasteiger charge is 2.23. The number of carbonyl (C=O) groups excluding carboxylic acids is 2. The molecule has 0 aromatic heterocycles. The molecule has 2 aromatic carbocycles. The molecule has 2 aromatic rings. The van der Waals surface area contributed by atoms with E-state index < -0.39 is 11.7 Å². The van der Waals surface area contributed by atoms with E-state index in [9.17, 15) is 9.59 Å². The molecule has 154 valence electrons. The Hall–Kier alpha value is -3.02. The molecular formula is C23H29N3O3. The maximum Gasteiger partial charge on any atom is 0.412 e. The van der Waals surface area contributed by atoms with Gasteiger partial charge in [0.05, 0.1) is 0 Å². The van der Waals surface area contributed by atoms with Gasteiger partial charge in [0.25, 0.3) is 5.91 Å². The van der Waals surface area contributed by atoms with Crippen molar-refractivity contribution in [3.63, 3.8) is 0 Å². The molecule has 0 atom stereocenters. The van der Waals surface area contributed by atoms with E-state index in [1.54, 1.807) is 24.3 Å². The zero-order valence-corrected chi connectivity index (χ0v) is 17.6. The summed E-state index contributed by atoms with van der Waals surface area (Å²) < 4.78 is 5.24. The SMILES string of the molecule is Cc1ccccc1N1CCN(C(=O)c2ccc(NC(=O)OC(C)(C)C)cc2)CC1. The number of nitrogens with one attached hydrogen (secondary N) is 1.